The number of halogens is 1. The number of hydrogen-bond donors (Lipinski definition) is 1. The first-order valence-electron chi connectivity index (χ1n) is 7.31. The van der Waals surface area contributed by atoms with Crippen molar-refractivity contribution >= 4 is 22.6 Å². The van der Waals surface area contributed by atoms with E-state index in [0.29, 0.717) is 23.8 Å². The molecular formula is C17H18ClN3O. The highest BCUT2D eigenvalue weighted by Crippen LogP contribution is 2.16. The van der Waals surface area contributed by atoms with Crippen LogP contribution in [0.15, 0.2) is 48.5 Å². The molecule has 0 fully saturated rings. The van der Waals surface area contributed by atoms with E-state index in [1.54, 1.807) is 0 Å². The van der Waals surface area contributed by atoms with Crippen LogP contribution in [0.2, 0.25) is 5.02 Å². The maximum Gasteiger partial charge on any atom is 0.203 e. The van der Waals surface area contributed by atoms with Crippen LogP contribution in [0.4, 0.5) is 0 Å². The second-order valence-corrected chi connectivity index (χ2v) is 5.45. The van der Waals surface area contributed by atoms with E-state index in [0.717, 1.165) is 23.3 Å². The Balaban J connectivity index is 1.81. The number of rotatable bonds is 5. The Morgan fingerprint density at radius 1 is 1.00 bits per heavy atom. The van der Waals surface area contributed by atoms with Crippen LogP contribution in [0.3, 0.4) is 0 Å². The fraction of sp³-hybridized carbons (Fsp3) is 0.235. The standard InChI is InChI=1S/C17H18ClN3O/c1-2-20-15-5-3-4-6-16(15)21(17(20)19)11-12-22-14-9-7-13(18)8-10-14/h3-10,19H,2,11-12H2,1H3. The number of benzene rings is 2. The van der Waals surface area contributed by atoms with Crippen LogP contribution in [0.5, 0.6) is 5.75 Å². The SMILES string of the molecule is CCn1c(=N)n(CCOc2ccc(Cl)cc2)c2ccccc21. The summed E-state index contributed by atoms with van der Waals surface area (Å²) in [5.41, 5.74) is 2.65. The van der Waals surface area contributed by atoms with Crippen LogP contribution in [0.25, 0.3) is 11.0 Å². The van der Waals surface area contributed by atoms with Gasteiger partial charge in [-0.3, -0.25) is 5.41 Å². The van der Waals surface area contributed by atoms with Crippen molar-refractivity contribution in [1.29, 1.82) is 5.41 Å². The highest BCUT2D eigenvalue weighted by Gasteiger charge is 2.08. The summed E-state index contributed by atoms with van der Waals surface area (Å²) in [5.74, 6) is 0.788. The average molecular weight is 316 g/mol. The van der Waals surface area contributed by atoms with Gasteiger partial charge in [-0.1, -0.05) is 23.7 Å². The Kier molecular flexibility index (Phi) is 4.20. The van der Waals surface area contributed by atoms with Gasteiger partial charge in [0.1, 0.15) is 12.4 Å². The Morgan fingerprint density at radius 3 is 2.27 bits per heavy atom. The topological polar surface area (TPSA) is 42.9 Å². The lowest BCUT2D eigenvalue weighted by atomic mass is 10.3. The molecule has 0 bridgehead atoms. The van der Waals surface area contributed by atoms with Gasteiger partial charge in [-0.15, -0.1) is 0 Å². The number of aromatic nitrogens is 2. The van der Waals surface area contributed by atoms with Gasteiger partial charge in [-0.2, -0.15) is 0 Å². The molecule has 0 aliphatic carbocycles. The van der Waals surface area contributed by atoms with Crippen LogP contribution < -0.4 is 10.4 Å². The summed E-state index contributed by atoms with van der Waals surface area (Å²) >= 11 is 5.86. The lowest BCUT2D eigenvalue weighted by Gasteiger charge is -2.08. The van der Waals surface area contributed by atoms with Gasteiger partial charge in [0.2, 0.25) is 5.62 Å². The minimum absolute atomic E-state index is 0.503. The third-order valence-electron chi connectivity index (χ3n) is 3.69. The third-order valence-corrected chi connectivity index (χ3v) is 3.94. The summed E-state index contributed by atoms with van der Waals surface area (Å²) in [7, 11) is 0. The maximum atomic E-state index is 8.34. The molecule has 114 valence electrons. The first kappa shape index (κ1) is 14.7. The van der Waals surface area contributed by atoms with E-state index < -0.39 is 0 Å². The highest BCUT2D eigenvalue weighted by molar-refractivity contribution is 6.30. The number of hydrogen-bond acceptors (Lipinski definition) is 2. The van der Waals surface area contributed by atoms with E-state index in [2.05, 4.69) is 6.92 Å². The minimum atomic E-state index is 0.503. The monoisotopic (exact) mass is 315 g/mol. The first-order valence-corrected chi connectivity index (χ1v) is 7.69. The van der Waals surface area contributed by atoms with Crippen LogP contribution in [0, 0.1) is 5.41 Å². The van der Waals surface area contributed by atoms with E-state index >= 15 is 0 Å². The molecule has 0 saturated carbocycles. The zero-order valence-electron chi connectivity index (χ0n) is 12.4. The second kappa shape index (κ2) is 6.28. The van der Waals surface area contributed by atoms with Crippen molar-refractivity contribution in [1.82, 2.24) is 9.13 Å². The summed E-state index contributed by atoms with van der Waals surface area (Å²) in [5, 5.41) is 9.03. The largest absolute Gasteiger partial charge is 0.492 e. The molecule has 4 nitrogen and oxygen atoms in total. The molecule has 3 rings (SSSR count). The molecule has 22 heavy (non-hydrogen) atoms. The highest BCUT2D eigenvalue weighted by atomic mass is 35.5. The van der Waals surface area contributed by atoms with Gasteiger partial charge in [0.25, 0.3) is 0 Å². The zero-order chi connectivity index (χ0) is 15.5. The van der Waals surface area contributed by atoms with Crippen molar-refractivity contribution in [2.45, 2.75) is 20.0 Å². The molecule has 0 aliphatic heterocycles. The van der Waals surface area contributed by atoms with Crippen LogP contribution in [-0.2, 0) is 13.1 Å². The van der Waals surface area contributed by atoms with Gasteiger partial charge >= 0.3 is 0 Å². The predicted octanol–water partition coefficient (Wildman–Crippen LogP) is 3.67. The minimum Gasteiger partial charge on any atom is -0.492 e. The van der Waals surface area contributed by atoms with Crippen molar-refractivity contribution in [3.63, 3.8) is 0 Å². The number of fused-ring (bicyclic) bond motifs is 1. The fourth-order valence-electron chi connectivity index (χ4n) is 2.63. The Morgan fingerprint density at radius 2 is 1.64 bits per heavy atom. The van der Waals surface area contributed by atoms with Gasteiger partial charge < -0.3 is 13.9 Å². The normalized spacial score (nSPS) is 11.0. The van der Waals surface area contributed by atoms with Gasteiger partial charge in [0.05, 0.1) is 17.6 Å². The third kappa shape index (κ3) is 2.74. The molecule has 0 aliphatic rings. The molecule has 0 saturated heterocycles. The molecule has 5 heteroatoms. The van der Waals surface area contributed by atoms with E-state index in [-0.39, 0.29) is 0 Å². The fourth-order valence-corrected chi connectivity index (χ4v) is 2.75. The molecule has 0 amide bonds. The Labute approximate surface area is 134 Å². The number of nitrogens with zero attached hydrogens (tertiary/aromatic N) is 2. The van der Waals surface area contributed by atoms with Gasteiger partial charge in [-0.25, -0.2) is 0 Å². The summed E-state index contributed by atoms with van der Waals surface area (Å²) in [6.45, 7) is 3.98. The van der Waals surface area contributed by atoms with Crippen LogP contribution in [-0.4, -0.2) is 15.7 Å². The summed E-state index contributed by atoms with van der Waals surface area (Å²) in [4.78, 5) is 0. The summed E-state index contributed by atoms with van der Waals surface area (Å²) in [6, 6.07) is 15.4. The smallest absolute Gasteiger partial charge is 0.203 e. The number of nitrogens with one attached hydrogen (secondary N) is 1. The van der Waals surface area contributed by atoms with E-state index in [9.17, 15) is 0 Å². The molecule has 0 atom stereocenters. The number of imidazole rings is 1. The second-order valence-electron chi connectivity index (χ2n) is 5.01. The maximum absolute atomic E-state index is 8.34. The molecule has 0 radical (unpaired) electrons. The molecule has 1 aromatic heterocycles. The summed E-state index contributed by atoms with van der Waals surface area (Å²) in [6.07, 6.45) is 0. The molecule has 3 aromatic rings. The molecule has 2 aromatic carbocycles. The van der Waals surface area contributed by atoms with E-state index in [4.69, 9.17) is 21.7 Å². The average Bonchev–Trinajstić information content (AvgIpc) is 2.81. The van der Waals surface area contributed by atoms with Crippen LogP contribution >= 0.6 is 11.6 Å². The quantitative estimate of drug-likeness (QED) is 0.767. The molecule has 0 spiro atoms. The summed E-state index contributed by atoms with van der Waals surface area (Å²) < 4.78 is 9.72. The van der Waals surface area contributed by atoms with Crippen molar-refractivity contribution in [3.8, 4) is 5.75 Å². The van der Waals surface area contributed by atoms with Crippen molar-refractivity contribution in [3.05, 3.63) is 59.2 Å². The Bertz CT molecular complexity index is 833. The first-order chi connectivity index (χ1) is 10.7. The van der Waals surface area contributed by atoms with Crippen LogP contribution in [0.1, 0.15) is 6.92 Å². The number of aryl methyl sites for hydroxylation is 1. The lowest BCUT2D eigenvalue weighted by Crippen LogP contribution is -2.26. The predicted molar refractivity (Wildman–Crippen MR) is 88.4 cm³/mol. The van der Waals surface area contributed by atoms with Crippen molar-refractivity contribution < 1.29 is 4.74 Å². The Hall–Kier alpha value is -2.20. The molecule has 0 unspecified atom stereocenters. The molecule has 1 heterocycles. The zero-order valence-corrected chi connectivity index (χ0v) is 13.2. The van der Waals surface area contributed by atoms with E-state index in [1.807, 2.05) is 57.7 Å². The number of para-hydroxylation sites is 2. The van der Waals surface area contributed by atoms with Gasteiger partial charge in [0, 0.05) is 11.6 Å². The molecule has 1 N–H and O–H groups in total. The molecular weight excluding hydrogens is 298 g/mol. The van der Waals surface area contributed by atoms with E-state index in [1.165, 1.54) is 0 Å². The lowest BCUT2D eigenvalue weighted by molar-refractivity contribution is 0.296. The van der Waals surface area contributed by atoms with Crippen molar-refractivity contribution in [2.24, 2.45) is 0 Å². The number of ether oxygens (including phenoxy) is 1. The van der Waals surface area contributed by atoms with Gasteiger partial charge in [0.15, 0.2) is 0 Å². The van der Waals surface area contributed by atoms with Gasteiger partial charge in [-0.05, 0) is 43.3 Å². The van der Waals surface area contributed by atoms with Crippen molar-refractivity contribution in [2.75, 3.05) is 6.61 Å².